The van der Waals surface area contributed by atoms with Crippen molar-refractivity contribution in [1.29, 1.82) is 0 Å². The average Bonchev–Trinajstić information content (AvgIpc) is 2.29. The van der Waals surface area contributed by atoms with E-state index in [1.54, 1.807) is 5.19 Å². The number of benzene rings is 1. The third-order valence-electron chi connectivity index (χ3n) is 4.61. The molecule has 0 unspecified atom stereocenters. The SMILES string of the molecule is [CH2]Cc1ccc([Si](C(C)C)(C(C)C)C(C)C)cc1. The Morgan fingerprint density at radius 2 is 1.22 bits per heavy atom. The molecule has 0 saturated carbocycles. The van der Waals surface area contributed by atoms with Crippen molar-refractivity contribution < 1.29 is 0 Å². The summed E-state index contributed by atoms with van der Waals surface area (Å²) in [6, 6.07) is 9.31. The monoisotopic (exact) mass is 261 g/mol. The summed E-state index contributed by atoms with van der Waals surface area (Å²) in [5, 5.41) is 1.62. The fraction of sp³-hybridized carbons (Fsp3) is 0.588. The summed E-state index contributed by atoms with van der Waals surface area (Å²) in [5.74, 6) is 0. The van der Waals surface area contributed by atoms with Crippen LogP contribution < -0.4 is 5.19 Å². The molecule has 1 heteroatoms. The smallest absolute Gasteiger partial charge is 0.0648 e. The van der Waals surface area contributed by atoms with E-state index < -0.39 is 8.07 Å². The summed E-state index contributed by atoms with van der Waals surface area (Å²) < 4.78 is 0. The van der Waals surface area contributed by atoms with Gasteiger partial charge >= 0.3 is 0 Å². The van der Waals surface area contributed by atoms with Gasteiger partial charge in [-0.25, -0.2) is 0 Å². The molecule has 1 aromatic rings. The topological polar surface area (TPSA) is 0 Å². The van der Waals surface area contributed by atoms with E-state index in [4.69, 9.17) is 0 Å². The van der Waals surface area contributed by atoms with Crippen molar-refractivity contribution >= 4 is 13.3 Å². The molecule has 0 nitrogen and oxygen atoms in total. The molecule has 0 saturated heterocycles. The minimum Gasteiger partial charge on any atom is -0.0648 e. The number of hydrogen-bond donors (Lipinski definition) is 0. The molecule has 0 bridgehead atoms. The Hall–Kier alpha value is -0.563. The summed E-state index contributed by atoms with van der Waals surface area (Å²) >= 11 is 0. The Labute approximate surface area is 115 Å². The molecule has 0 N–H and O–H groups in total. The van der Waals surface area contributed by atoms with Gasteiger partial charge in [0.05, 0.1) is 8.07 Å². The number of rotatable bonds is 5. The zero-order valence-electron chi connectivity index (χ0n) is 13.0. The van der Waals surface area contributed by atoms with Gasteiger partial charge < -0.3 is 0 Å². The van der Waals surface area contributed by atoms with Crippen LogP contribution in [0.2, 0.25) is 16.6 Å². The molecule has 0 aliphatic heterocycles. The molecule has 0 aliphatic rings. The fourth-order valence-electron chi connectivity index (χ4n) is 3.96. The maximum atomic E-state index is 3.96. The van der Waals surface area contributed by atoms with E-state index in [2.05, 4.69) is 72.7 Å². The highest BCUT2D eigenvalue weighted by Crippen LogP contribution is 2.40. The van der Waals surface area contributed by atoms with E-state index in [9.17, 15) is 0 Å². The summed E-state index contributed by atoms with van der Waals surface area (Å²) in [6.07, 6.45) is 0.889. The second-order valence-electron chi connectivity index (χ2n) is 6.34. The Morgan fingerprint density at radius 3 is 1.50 bits per heavy atom. The summed E-state index contributed by atoms with van der Waals surface area (Å²) in [5.41, 5.74) is 3.69. The molecule has 1 rings (SSSR count). The highest BCUT2D eigenvalue weighted by atomic mass is 28.3. The van der Waals surface area contributed by atoms with Crippen LogP contribution in [0.4, 0.5) is 0 Å². The minimum absolute atomic E-state index is 0.781. The normalized spacial score (nSPS) is 12.8. The molecule has 0 aromatic heterocycles. The Balaban J connectivity index is 3.32. The molecule has 0 fully saturated rings. The first-order valence-electron chi connectivity index (χ1n) is 7.26. The first kappa shape index (κ1) is 15.5. The van der Waals surface area contributed by atoms with Crippen LogP contribution in [0.3, 0.4) is 0 Å². The Kier molecular flexibility index (Phi) is 5.21. The average molecular weight is 262 g/mol. The van der Waals surface area contributed by atoms with Crippen LogP contribution >= 0.6 is 0 Å². The second-order valence-corrected chi connectivity index (χ2v) is 12.3. The maximum Gasteiger partial charge on any atom is 0.0942 e. The van der Waals surface area contributed by atoms with Gasteiger partial charge in [-0.15, -0.1) is 0 Å². The van der Waals surface area contributed by atoms with Crippen molar-refractivity contribution in [2.24, 2.45) is 0 Å². The molecule has 0 amide bonds. The van der Waals surface area contributed by atoms with Crippen LogP contribution in [0.25, 0.3) is 0 Å². The summed E-state index contributed by atoms with van der Waals surface area (Å²) in [7, 11) is -1.46. The third-order valence-corrected chi connectivity index (χ3v) is 11.7. The molecule has 1 radical (unpaired) electrons. The van der Waals surface area contributed by atoms with Gasteiger partial charge in [-0.05, 0) is 35.5 Å². The molecule has 18 heavy (non-hydrogen) atoms. The maximum absolute atomic E-state index is 3.96. The first-order valence-corrected chi connectivity index (χ1v) is 9.49. The van der Waals surface area contributed by atoms with Gasteiger partial charge in [0, 0.05) is 0 Å². The molecular formula is C17H29Si. The lowest BCUT2D eigenvalue weighted by atomic mass is 10.2. The zero-order chi connectivity index (χ0) is 13.9. The van der Waals surface area contributed by atoms with Crippen LogP contribution in [0.15, 0.2) is 24.3 Å². The van der Waals surface area contributed by atoms with Gasteiger partial charge in [-0.3, -0.25) is 0 Å². The number of hydrogen-bond acceptors (Lipinski definition) is 0. The molecule has 0 heterocycles. The highest BCUT2D eigenvalue weighted by molar-refractivity contribution is 6.95. The Bertz CT molecular complexity index is 338. The highest BCUT2D eigenvalue weighted by Gasteiger charge is 2.43. The molecule has 0 aliphatic carbocycles. The summed E-state index contributed by atoms with van der Waals surface area (Å²) in [6.45, 7) is 18.5. The van der Waals surface area contributed by atoms with E-state index in [0.29, 0.717) is 0 Å². The van der Waals surface area contributed by atoms with E-state index >= 15 is 0 Å². The van der Waals surface area contributed by atoms with E-state index in [1.807, 2.05) is 0 Å². The third kappa shape index (κ3) is 2.56. The van der Waals surface area contributed by atoms with Gasteiger partial charge in [-0.2, -0.15) is 0 Å². The van der Waals surface area contributed by atoms with Crippen molar-refractivity contribution in [2.45, 2.75) is 64.6 Å². The molecule has 0 spiro atoms. The standard InChI is InChI=1S/C17H29Si/c1-8-16-9-11-17(12-10-16)18(13(2)3,14(4)5)15(6)7/h9-15H,1,8H2,2-7H3. The lowest BCUT2D eigenvalue weighted by Crippen LogP contribution is -2.55. The van der Waals surface area contributed by atoms with Crippen molar-refractivity contribution in [3.63, 3.8) is 0 Å². The van der Waals surface area contributed by atoms with Gasteiger partial charge in [0.2, 0.25) is 0 Å². The van der Waals surface area contributed by atoms with E-state index in [1.165, 1.54) is 5.56 Å². The predicted octanol–water partition coefficient (Wildman–Crippen LogP) is 4.95. The van der Waals surface area contributed by atoms with Gasteiger partial charge in [-0.1, -0.05) is 71.0 Å². The van der Waals surface area contributed by atoms with Crippen molar-refractivity contribution in [1.82, 2.24) is 0 Å². The van der Waals surface area contributed by atoms with Crippen LogP contribution in [0.5, 0.6) is 0 Å². The largest absolute Gasteiger partial charge is 0.0942 e. The molecule has 101 valence electrons. The second kappa shape index (κ2) is 6.05. The van der Waals surface area contributed by atoms with E-state index in [0.717, 1.165) is 23.0 Å². The van der Waals surface area contributed by atoms with Gasteiger partial charge in [0.15, 0.2) is 0 Å². The fourth-order valence-corrected chi connectivity index (χ4v) is 10.7. The molecule has 1 aromatic carbocycles. The molecule has 0 atom stereocenters. The van der Waals surface area contributed by atoms with Crippen LogP contribution in [0, 0.1) is 6.92 Å². The van der Waals surface area contributed by atoms with Gasteiger partial charge in [0.25, 0.3) is 0 Å². The quantitative estimate of drug-likeness (QED) is 0.658. The van der Waals surface area contributed by atoms with Crippen LogP contribution in [0.1, 0.15) is 47.1 Å². The Morgan fingerprint density at radius 1 is 0.833 bits per heavy atom. The van der Waals surface area contributed by atoms with E-state index in [-0.39, 0.29) is 0 Å². The van der Waals surface area contributed by atoms with Gasteiger partial charge in [0.1, 0.15) is 0 Å². The van der Waals surface area contributed by atoms with Crippen molar-refractivity contribution in [3.05, 3.63) is 36.8 Å². The molecular weight excluding hydrogens is 232 g/mol. The predicted molar refractivity (Wildman–Crippen MR) is 86.2 cm³/mol. The summed E-state index contributed by atoms with van der Waals surface area (Å²) in [4.78, 5) is 0. The van der Waals surface area contributed by atoms with Crippen LogP contribution in [-0.4, -0.2) is 8.07 Å². The minimum atomic E-state index is -1.46. The first-order chi connectivity index (χ1) is 8.37. The lowest BCUT2D eigenvalue weighted by molar-refractivity contribution is 0.835. The van der Waals surface area contributed by atoms with Crippen LogP contribution in [-0.2, 0) is 6.42 Å². The van der Waals surface area contributed by atoms with Crippen molar-refractivity contribution in [2.75, 3.05) is 0 Å². The zero-order valence-corrected chi connectivity index (χ0v) is 14.0. The lowest BCUT2D eigenvalue weighted by Gasteiger charge is -2.43. The van der Waals surface area contributed by atoms with Crippen molar-refractivity contribution in [3.8, 4) is 0 Å².